The zero-order chi connectivity index (χ0) is 25.2. The lowest BCUT2D eigenvalue weighted by Crippen LogP contribution is -2.59. The lowest BCUT2D eigenvalue weighted by atomic mass is 9.44. The Hall–Kier alpha value is -0.750. The average molecular weight is 477 g/mol. The summed E-state index contributed by atoms with van der Waals surface area (Å²) in [5, 5.41) is 43.0. The van der Waals surface area contributed by atoms with Gasteiger partial charge in [0, 0.05) is 12.3 Å². The molecule has 4 rings (SSSR count). The second kappa shape index (κ2) is 9.28. The molecule has 34 heavy (non-hydrogen) atoms. The number of fused-ring (bicyclic) bond motifs is 5. The Morgan fingerprint density at radius 1 is 1.00 bits per heavy atom. The number of carbonyl (C=O) groups is 1. The Bertz CT molecular complexity index is 806. The molecule has 0 aromatic rings. The van der Waals surface area contributed by atoms with E-state index in [2.05, 4.69) is 34.6 Å². The van der Waals surface area contributed by atoms with Gasteiger partial charge in [0.05, 0.1) is 18.3 Å². The summed E-state index contributed by atoms with van der Waals surface area (Å²) in [4.78, 5) is 13.3. The Morgan fingerprint density at radius 3 is 2.26 bits per heavy atom. The Balaban J connectivity index is 1.56. The van der Waals surface area contributed by atoms with Gasteiger partial charge >= 0.3 is 0 Å². The molecular formula is C29H48O5. The second-order valence-corrected chi connectivity index (χ2v) is 13.1. The Labute approximate surface area is 206 Å². The number of ketones is 1. The summed E-state index contributed by atoms with van der Waals surface area (Å²) < 4.78 is 0. The summed E-state index contributed by atoms with van der Waals surface area (Å²) in [5.74, 6) is 1.76. The molecule has 5 heteroatoms. The van der Waals surface area contributed by atoms with Crippen LogP contribution in [0.2, 0.25) is 0 Å². The van der Waals surface area contributed by atoms with Crippen LogP contribution in [0.1, 0.15) is 86.5 Å². The van der Waals surface area contributed by atoms with Gasteiger partial charge in [0.2, 0.25) is 0 Å². The van der Waals surface area contributed by atoms with E-state index in [1.54, 1.807) is 0 Å². The zero-order valence-electron chi connectivity index (χ0n) is 22.1. The predicted octanol–water partition coefficient (Wildman–Crippen LogP) is 4.12. The van der Waals surface area contributed by atoms with Crippen LogP contribution in [0.5, 0.6) is 0 Å². The van der Waals surface area contributed by atoms with Crippen molar-refractivity contribution in [2.75, 3.05) is 0 Å². The number of Topliss-reactive ketones (excluding diaryl/α,β-unsaturated/α-hetero) is 1. The first-order chi connectivity index (χ1) is 15.9. The summed E-state index contributed by atoms with van der Waals surface area (Å²) in [6.45, 7) is 12.7. The van der Waals surface area contributed by atoms with E-state index in [1.807, 2.05) is 13.0 Å². The van der Waals surface area contributed by atoms with Gasteiger partial charge in [-0.3, -0.25) is 4.79 Å². The molecule has 0 amide bonds. The van der Waals surface area contributed by atoms with E-state index in [1.165, 1.54) is 0 Å². The number of carbonyl (C=O) groups excluding carboxylic acids is 1. The SMILES string of the molecule is C/C=C(\C(C)C)[C@@H](O)[C@H](O)[C@@H](C)[C@H]1CC[C@H]2[C@@H]3CC(=O)[C@H]4C[C@H](O)[C@H](O)C[C@]4(C)[C@H]3CC[C@]12C. The molecule has 194 valence electrons. The quantitative estimate of drug-likeness (QED) is 0.448. The van der Waals surface area contributed by atoms with Crippen LogP contribution in [0.4, 0.5) is 0 Å². The molecule has 0 aliphatic heterocycles. The summed E-state index contributed by atoms with van der Waals surface area (Å²) in [5.41, 5.74) is 0.709. The molecule has 4 aliphatic carbocycles. The van der Waals surface area contributed by atoms with Gasteiger partial charge in [-0.1, -0.05) is 40.7 Å². The lowest BCUT2D eigenvalue weighted by Gasteiger charge is -2.61. The van der Waals surface area contributed by atoms with Crippen LogP contribution in [0.25, 0.3) is 0 Å². The number of allylic oxidation sites excluding steroid dienone is 1. The maximum atomic E-state index is 13.3. The molecule has 0 spiro atoms. The van der Waals surface area contributed by atoms with Gasteiger partial charge in [0.1, 0.15) is 11.9 Å². The molecular weight excluding hydrogens is 428 g/mol. The normalized spacial score (nSPS) is 47.6. The van der Waals surface area contributed by atoms with Crippen LogP contribution in [0.3, 0.4) is 0 Å². The van der Waals surface area contributed by atoms with Gasteiger partial charge in [0.25, 0.3) is 0 Å². The highest BCUT2D eigenvalue weighted by Crippen LogP contribution is 2.67. The zero-order valence-corrected chi connectivity index (χ0v) is 22.1. The third kappa shape index (κ3) is 3.93. The van der Waals surface area contributed by atoms with E-state index in [0.717, 1.165) is 31.3 Å². The van der Waals surface area contributed by atoms with Crippen molar-refractivity contribution in [1.82, 2.24) is 0 Å². The standard InChI is InChI=1S/C29H48O5/c1-7-17(15(2)3)27(34)26(33)16(4)19-8-9-20-18-12-23(30)22-13-24(31)25(32)14-29(22,6)21(18)10-11-28(19,20)5/h7,15-16,18-22,24-27,31-34H,8-14H2,1-6H3/b17-7+/t16-,18-,19+,20-,21-,22+,24-,25+,26+,27+,28+,29+/m0/s1. The van der Waals surface area contributed by atoms with Crippen molar-refractivity contribution in [2.45, 2.75) is 111 Å². The van der Waals surface area contributed by atoms with Crippen LogP contribution < -0.4 is 0 Å². The van der Waals surface area contributed by atoms with Gasteiger partial charge in [-0.05, 0) is 97.4 Å². The molecule has 4 fully saturated rings. The van der Waals surface area contributed by atoms with Gasteiger partial charge < -0.3 is 20.4 Å². The molecule has 5 nitrogen and oxygen atoms in total. The molecule has 0 bridgehead atoms. The third-order valence-electron chi connectivity index (χ3n) is 11.4. The molecule has 0 radical (unpaired) electrons. The Kier molecular flexibility index (Phi) is 7.18. The van der Waals surface area contributed by atoms with Gasteiger partial charge in [-0.15, -0.1) is 0 Å². The number of hydrogen-bond donors (Lipinski definition) is 4. The first kappa shape index (κ1) is 26.3. The van der Waals surface area contributed by atoms with Gasteiger partial charge in [-0.25, -0.2) is 0 Å². The Morgan fingerprint density at radius 2 is 1.65 bits per heavy atom. The molecule has 0 unspecified atom stereocenters. The van der Waals surface area contributed by atoms with Gasteiger partial charge in [-0.2, -0.15) is 0 Å². The summed E-state index contributed by atoms with van der Waals surface area (Å²) in [7, 11) is 0. The largest absolute Gasteiger partial charge is 0.390 e. The smallest absolute Gasteiger partial charge is 0.136 e. The molecule has 12 atom stereocenters. The minimum Gasteiger partial charge on any atom is -0.390 e. The highest BCUT2D eigenvalue weighted by molar-refractivity contribution is 5.83. The fourth-order valence-electron chi connectivity index (χ4n) is 9.54. The van der Waals surface area contributed by atoms with Crippen molar-refractivity contribution in [3.8, 4) is 0 Å². The summed E-state index contributed by atoms with van der Waals surface area (Å²) >= 11 is 0. The number of aliphatic hydroxyl groups excluding tert-OH is 4. The molecule has 0 heterocycles. The van der Waals surface area contributed by atoms with E-state index in [-0.39, 0.29) is 34.4 Å². The fourth-order valence-corrected chi connectivity index (χ4v) is 9.54. The van der Waals surface area contributed by atoms with Crippen LogP contribution in [-0.4, -0.2) is 50.6 Å². The maximum absolute atomic E-state index is 13.3. The first-order valence-electron chi connectivity index (χ1n) is 13.8. The van der Waals surface area contributed by atoms with Crippen molar-refractivity contribution in [1.29, 1.82) is 0 Å². The van der Waals surface area contributed by atoms with E-state index >= 15 is 0 Å². The van der Waals surface area contributed by atoms with Crippen LogP contribution in [-0.2, 0) is 4.79 Å². The van der Waals surface area contributed by atoms with E-state index in [9.17, 15) is 25.2 Å². The second-order valence-electron chi connectivity index (χ2n) is 13.1. The summed E-state index contributed by atoms with van der Waals surface area (Å²) in [6.07, 6.45) is 4.47. The molecule has 4 saturated carbocycles. The lowest BCUT2D eigenvalue weighted by molar-refractivity contribution is -0.174. The monoisotopic (exact) mass is 476 g/mol. The van der Waals surface area contributed by atoms with Crippen molar-refractivity contribution in [2.24, 2.45) is 52.3 Å². The van der Waals surface area contributed by atoms with Gasteiger partial charge in [0.15, 0.2) is 0 Å². The predicted molar refractivity (Wildman–Crippen MR) is 133 cm³/mol. The fraction of sp³-hybridized carbons (Fsp3) is 0.897. The summed E-state index contributed by atoms with van der Waals surface area (Å²) in [6, 6.07) is 0. The van der Waals surface area contributed by atoms with Crippen molar-refractivity contribution in [3.63, 3.8) is 0 Å². The molecule has 0 aromatic carbocycles. The van der Waals surface area contributed by atoms with E-state index < -0.39 is 24.4 Å². The van der Waals surface area contributed by atoms with Crippen molar-refractivity contribution < 1.29 is 25.2 Å². The third-order valence-corrected chi connectivity index (χ3v) is 11.4. The van der Waals surface area contributed by atoms with Crippen LogP contribution >= 0.6 is 0 Å². The molecule has 4 N–H and O–H groups in total. The highest BCUT2D eigenvalue weighted by atomic mass is 16.3. The topological polar surface area (TPSA) is 98.0 Å². The number of aliphatic hydroxyl groups is 4. The van der Waals surface area contributed by atoms with E-state index in [0.29, 0.717) is 42.9 Å². The number of rotatable bonds is 5. The average Bonchev–Trinajstić information content (AvgIpc) is 3.12. The van der Waals surface area contributed by atoms with E-state index in [4.69, 9.17) is 0 Å². The molecule has 0 saturated heterocycles. The molecule has 0 aromatic heterocycles. The van der Waals surface area contributed by atoms with Crippen LogP contribution in [0, 0.1) is 52.3 Å². The maximum Gasteiger partial charge on any atom is 0.136 e. The van der Waals surface area contributed by atoms with Crippen LogP contribution in [0.15, 0.2) is 11.6 Å². The number of hydrogen-bond acceptors (Lipinski definition) is 5. The first-order valence-corrected chi connectivity index (χ1v) is 13.8. The highest BCUT2D eigenvalue weighted by Gasteiger charge is 2.63. The molecule has 4 aliphatic rings. The minimum absolute atomic E-state index is 0.0236. The van der Waals surface area contributed by atoms with Crippen molar-refractivity contribution in [3.05, 3.63) is 11.6 Å². The van der Waals surface area contributed by atoms with Crippen molar-refractivity contribution >= 4 is 5.78 Å². The minimum atomic E-state index is -0.843.